The van der Waals surface area contributed by atoms with Gasteiger partial charge in [0.05, 0.1) is 12.7 Å². The highest BCUT2D eigenvalue weighted by molar-refractivity contribution is 5.89. The van der Waals surface area contributed by atoms with Gasteiger partial charge in [0.1, 0.15) is 0 Å². The van der Waals surface area contributed by atoms with Crippen LogP contribution in [0, 0.1) is 5.92 Å². The lowest BCUT2D eigenvalue weighted by molar-refractivity contribution is -0.0401. The van der Waals surface area contributed by atoms with Crippen molar-refractivity contribution < 1.29 is 18.3 Å². The minimum atomic E-state index is -2.85. The Morgan fingerprint density at radius 2 is 1.81 bits per heavy atom. The number of halogens is 2. The van der Waals surface area contributed by atoms with E-state index in [-0.39, 0.29) is 6.42 Å². The van der Waals surface area contributed by atoms with E-state index in [1.54, 1.807) is 12.1 Å². The third kappa shape index (κ3) is 4.01. The van der Waals surface area contributed by atoms with Crippen molar-refractivity contribution in [2.75, 3.05) is 7.11 Å². The summed E-state index contributed by atoms with van der Waals surface area (Å²) in [6.45, 7) is 0. The number of ether oxygens (including phenoxy) is 1. The van der Waals surface area contributed by atoms with Crippen LogP contribution in [0.2, 0.25) is 0 Å². The van der Waals surface area contributed by atoms with E-state index in [2.05, 4.69) is 4.74 Å². The Kier molecular flexibility index (Phi) is 5.50. The predicted octanol–water partition coefficient (Wildman–Crippen LogP) is 5.53. The largest absolute Gasteiger partial charge is 0.465 e. The van der Waals surface area contributed by atoms with Crippen molar-refractivity contribution in [2.24, 2.45) is 5.92 Å². The molecule has 0 heterocycles. The monoisotopic (exact) mass is 356 g/mol. The molecule has 0 saturated heterocycles. The Morgan fingerprint density at radius 3 is 2.46 bits per heavy atom. The maximum absolute atomic E-state index is 15.1. The molecule has 0 saturated carbocycles. The van der Waals surface area contributed by atoms with Gasteiger partial charge in [0.25, 0.3) is 5.92 Å². The van der Waals surface area contributed by atoms with Crippen molar-refractivity contribution in [3.63, 3.8) is 0 Å². The van der Waals surface area contributed by atoms with Crippen LogP contribution >= 0.6 is 0 Å². The first-order chi connectivity index (χ1) is 12.5. The minimum absolute atomic E-state index is 0.344. The number of esters is 1. The molecule has 3 rings (SSSR count). The second-order valence-electron chi connectivity index (χ2n) is 6.64. The summed E-state index contributed by atoms with van der Waals surface area (Å²) in [5.41, 5.74) is 2.49. The van der Waals surface area contributed by atoms with Gasteiger partial charge in [-0.15, -0.1) is 0 Å². The van der Waals surface area contributed by atoms with Crippen molar-refractivity contribution in [1.82, 2.24) is 0 Å². The Morgan fingerprint density at radius 1 is 1.12 bits per heavy atom. The molecule has 1 aliphatic rings. The molecule has 0 aliphatic heterocycles. The van der Waals surface area contributed by atoms with Crippen LogP contribution in [0.5, 0.6) is 0 Å². The summed E-state index contributed by atoms with van der Waals surface area (Å²) in [5.74, 6) is -4.11. The summed E-state index contributed by atoms with van der Waals surface area (Å²) in [5, 5.41) is 0. The minimum Gasteiger partial charge on any atom is -0.465 e. The number of carbonyl (C=O) groups is 1. The van der Waals surface area contributed by atoms with Crippen LogP contribution in [-0.4, -0.2) is 19.0 Å². The number of rotatable bonds is 5. The zero-order valence-electron chi connectivity index (χ0n) is 14.8. The average molecular weight is 356 g/mol. The number of hydrogen-bond donors (Lipinski definition) is 0. The smallest absolute Gasteiger partial charge is 0.337 e. The maximum Gasteiger partial charge on any atom is 0.337 e. The molecule has 26 heavy (non-hydrogen) atoms. The topological polar surface area (TPSA) is 26.3 Å². The fourth-order valence-corrected chi connectivity index (χ4v) is 3.54. The summed E-state index contributed by atoms with van der Waals surface area (Å²) in [7, 11) is 1.30. The molecule has 1 atom stereocenters. The van der Waals surface area contributed by atoms with E-state index in [0.717, 1.165) is 24.0 Å². The fourth-order valence-electron chi connectivity index (χ4n) is 3.54. The van der Waals surface area contributed by atoms with Crippen LogP contribution in [0.1, 0.15) is 40.7 Å². The number of carbonyl (C=O) groups excluding carboxylic acids is 1. The Labute approximate surface area is 152 Å². The van der Waals surface area contributed by atoms with Gasteiger partial charge >= 0.3 is 5.97 Å². The van der Waals surface area contributed by atoms with E-state index in [1.807, 2.05) is 36.4 Å². The molecule has 1 unspecified atom stereocenters. The zero-order valence-corrected chi connectivity index (χ0v) is 14.8. The quantitative estimate of drug-likeness (QED) is 0.658. The molecule has 0 bridgehead atoms. The van der Waals surface area contributed by atoms with E-state index >= 15 is 8.78 Å². The van der Waals surface area contributed by atoms with Crippen LogP contribution in [-0.2, 0) is 11.2 Å². The summed E-state index contributed by atoms with van der Waals surface area (Å²) in [6.07, 6.45) is 3.71. The maximum atomic E-state index is 15.1. The van der Waals surface area contributed by atoms with Crippen molar-refractivity contribution in [2.45, 2.75) is 31.6 Å². The molecule has 1 aliphatic carbocycles. The van der Waals surface area contributed by atoms with Gasteiger partial charge in [-0.2, -0.15) is 0 Å². The highest BCUT2D eigenvalue weighted by Gasteiger charge is 2.42. The molecule has 4 heteroatoms. The number of allylic oxidation sites excluding steroid dienone is 2. The van der Waals surface area contributed by atoms with Crippen molar-refractivity contribution in [3.8, 4) is 0 Å². The molecular weight excluding hydrogens is 334 g/mol. The van der Waals surface area contributed by atoms with Crippen LogP contribution in [0.4, 0.5) is 8.78 Å². The first-order valence-electron chi connectivity index (χ1n) is 8.82. The van der Waals surface area contributed by atoms with E-state index in [9.17, 15) is 4.79 Å². The van der Waals surface area contributed by atoms with Gasteiger partial charge in [0.2, 0.25) is 0 Å². The van der Waals surface area contributed by atoms with E-state index in [1.165, 1.54) is 19.2 Å². The van der Waals surface area contributed by atoms with Crippen LogP contribution in [0.15, 0.2) is 60.7 Å². The normalized spacial score (nSPS) is 17.5. The van der Waals surface area contributed by atoms with Gasteiger partial charge in [-0.05, 0) is 48.1 Å². The van der Waals surface area contributed by atoms with Crippen LogP contribution in [0.3, 0.4) is 0 Å². The van der Waals surface area contributed by atoms with Gasteiger partial charge in [-0.25, -0.2) is 13.6 Å². The molecular formula is C22H22F2O2. The van der Waals surface area contributed by atoms with Gasteiger partial charge in [-0.1, -0.05) is 48.5 Å². The highest BCUT2D eigenvalue weighted by Crippen LogP contribution is 2.43. The molecule has 0 spiro atoms. The molecule has 0 radical (unpaired) electrons. The van der Waals surface area contributed by atoms with E-state index < -0.39 is 17.8 Å². The molecule has 2 nitrogen and oxygen atoms in total. The van der Waals surface area contributed by atoms with Crippen molar-refractivity contribution in [3.05, 3.63) is 77.4 Å². The molecule has 2 aromatic carbocycles. The summed E-state index contributed by atoms with van der Waals surface area (Å²) in [4.78, 5) is 11.5. The van der Waals surface area contributed by atoms with Crippen molar-refractivity contribution in [1.29, 1.82) is 0 Å². The second-order valence-corrected chi connectivity index (χ2v) is 6.64. The molecule has 136 valence electrons. The Balaban J connectivity index is 1.81. The fraction of sp³-hybridized carbons (Fsp3) is 0.318. The summed E-state index contributed by atoms with van der Waals surface area (Å²) < 4.78 is 34.9. The van der Waals surface area contributed by atoms with E-state index in [0.29, 0.717) is 17.5 Å². The van der Waals surface area contributed by atoms with Gasteiger partial charge in [0.15, 0.2) is 0 Å². The standard InChI is InChI=1S/C22H22F2O2/c1-26-21(25)18-13-11-16(12-14-18)15-22(23,24)20-10-6-5-9-19(20)17-7-3-2-4-8-17/h2-4,7-9,11-14,20H,5-6,10,15H2,1H3. The van der Waals surface area contributed by atoms with Gasteiger partial charge in [-0.3, -0.25) is 0 Å². The lowest BCUT2D eigenvalue weighted by Gasteiger charge is -2.32. The van der Waals surface area contributed by atoms with Gasteiger partial charge in [0, 0.05) is 12.3 Å². The zero-order chi connectivity index (χ0) is 18.6. The molecule has 0 N–H and O–H groups in total. The summed E-state index contributed by atoms with van der Waals surface area (Å²) >= 11 is 0. The van der Waals surface area contributed by atoms with E-state index in [4.69, 9.17) is 0 Å². The lowest BCUT2D eigenvalue weighted by Crippen LogP contribution is -2.33. The van der Waals surface area contributed by atoms with Crippen LogP contribution < -0.4 is 0 Å². The molecule has 0 aromatic heterocycles. The average Bonchev–Trinajstić information content (AvgIpc) is 2.68. The van der Waals surface area contributed by atoms with Crippen molar-refractivity contribution >= 4 is 11.5 Å². The number of methoxy groups -OCH3 is 1. The Bertz CT molecular complexity index is 780. The second kappa shape index (κ2) is 7.81. The number of hydrogen-bond acceptors (Lipinski definition) is 2. The Hall–Kier alpha value is -2.49. The molecule has 0 amide bonds. The van der Waals surface area contributed by atoms with Crippen LogP contribution in [0.25, 0.3) is 5.57 Å². The first-order valence-corrected chi connectivity index (χ1v) is 8.82. The molecule has 0 fully saturated rings. The third-order valence-electron chi connectivity index (χ3n) is 4.87. The lowest BCUT2D eigenvalue weighted by atomic mass is 9.78. The third-order valence-corrected chi connectivity index (χ3v) is 4.87. The number of benzene rings is 2. The SMILES string of the molecule is COC(=O)c1ccc(CC(F)(F)C2CCCC=C2c2ccccc2)cc1. The highest BCUT2D eigenvalue weighted by atomic mass is 19.3. The first kappa shape index (κ1) is 18.3. The molecule has 2 aromatic rings. The predicted molar refractivity (Wildman–Crippen MR) is 98.2 cm³/mol. The van der Waals surface area contributed by atoms with Gasteiger partial charge < -0.3 is 4.74 Å². The summed E-state index contributed by atoms with van der Waals surface area (Å²) in [6, 6.07) is 15.7. The number of alkyl halides is 2.